The normalized spacial score (nSPS) is 39.2. The molecule has 0 bridgehead atoms. The highest BCUT2D eigenvalue weighted by molar-refractivity contribution is 4.88. The minimum absolute atomic E-state index is 0.446. The van der Waals surface area contributed by atoms with Gasteiger partial charge in [-0.2, -0.15) is 0 Å². The zero-order valence-electron chi connectivity index (χ0n) is 12.3. The van der Waals surface area contributed by atoms with E-state index in [1.54, 1.807) is 0 Å². The van der Waals surface area contributed by atoms with Crippen LogP contribution >= 0.6 is 0 Å². The minimum atomic E-state index is 0.446. The summed E-state index contributed by atoms with van der Waals surface area (Å²) in [5.74, 6) is 0. The van der Waals surface area contributed by atoms with Gasteiger partial charge in [-0.25, -0.2) is 0 Å². The fraction of sp³-hybridized carbons (Fsp3) is 1.00. The Morgan fingerprint density at radius 2 is 1.84 bits per heavy atom. The molecule has 0 amide bonds. The third-order valence-electron chi connectivity index (χ3n) is 5.12. The van der Waals surface area contributed by atoms with Crippen LogP contribution in [-0.4, -0.2) is 66.8 Å². The fourth-order valence-electron chi connectivity index (χ4n) is 3.87. The van der Waals surface area contributed by atoms with Crippen LogP contribution in [0.15, 0.2) is 0 Å². The number of nitrogens with two attached hydrogens (primary N) is 1. The van der Waals surface area contributed by atoms with Gasteiger partial charge in [-0.05, 0) is 58.7 Å². The van der Waals surface area contributed by atoms with Gasteiger partial charge in [-0.15, -0.1) is 0 Å². The molecule has 0 saturated carbocycles. The van der Waals surface area contributed by atoms with Crippen LogP contribution in [-0.2, 0) is 4.74 Å². The molecule has 0 aromatic rings. The van der Waals surface area contributed by atoms with Crippen molar-refractivity contribution >= 4 is 0 Å². The number of piperidine rings is 1. The lowest BCUT2D eigenvalue weighted by atomic mass is 10.0. The molecule has 3 fully saturated rings. The van der Waals surface area contributed by atoms with Crippen molar-refractivity contribution in [3.63, 3.8) is 0 Å². The molecule has 4 heteroatoms. The van der Waals surface area contributed by atoms with Gasteiger partial charge < -0.3 is 10.5 Å². The monoisotopic (exact) mass is 267 g/mol. The zero-order valence-corrected chi connectivity index (χ0v) is 12.3. The Bertz CT molecular complexity index is 291. The third-order valence-corrected chi connectivity index (χ3v) is 5.12. The molecular weight excluding hydrogens is 238 g/mol. The summed E-state index contributed by atoms with van der Waals surface area (Å²) in [6.07, 6.45) is 7.15. The van der Waals surface area contributed by atoms with E-state index in [1.807, 2.05) is 0 Å². The number of ether oxygens (including phenoxy) is 1. The molecule has 3 heterocycles. The van der Waals surface area contributed by atoms with Crippen LogP contribution in [0, 0.1) is 0 Å². The summed E-state index contributed by atoms with van der Waals surface area (Å²) >= 11 is 0. The quantitative estimate of drug-likeness (QED) is 0.830. The van der Waals surface area contributed by atoms with Gasteiger partial charge in [-0.3, -0.25) is 9.80 Å². The van der Waals surface area contributed by atoms with Gasteiger partial charge in [0.05, 0.1) is 12.2 Å². The Morgan fingerprint density at radius 3 is 2.53 bits per heavy atom. The Kier molecular flexibility index (Phi) is 4.42. The largest absolute Gasteiger partial charge is 0.374 e. The first-order chi connectivity index (χ1) is 9.20. The molecule has 0 radical (unpaired) electrons. The van der Waals surface area contributed by atoms with Crippen LogP contribution in [0.3, 0.4) is 0 Å². The lowest BCUT2D eigenvalue weighted by Crippen LogP contribution is -2.46. The van der Waals surface area contributed by atoms with E-state index in [2.05, 4.69) is 16.7 Å². The molecule has 3 rings (SSSR count). The highest BCUT2D eigenvalue weighted by Gasteiger charge is 2.32. The maximum atomic E-state index is 5.99. The number of hydrogen-bond acceptors (Lipinski definition) is 4. The predicted octanol–water partition coefficient (Wildman–Crippen LogP) is 1.05. The average molecular weight is 267 g/mol. The Hall–Kier alpha value is -0.160. The molecule has 3 unspecified atom stereocenters. The Morgan fingerprint density at radius 1 is 1.05 bits per heavy atom. The number of hydrogen-bond donors (Lipinski definition) is 1. The lowest BCUT2D eigenvalue weighted by Gasteiger charge is -2.34. The molecule has 0 spiro atoms. The summed E-state index contributed by atoms with van der Waals surface area (Å²) in [4.78, 5) is 5.28. The molecule has 0 aromatic heterocycles. The van der Waals surface area contributed by atoms with Crippen LogP contribution < -0.4 is 5.73 Å². The van der Waals surface area contributed by atoms with Crippen LogP contribution in [0.25, 0.3) is 0 Å². The van der Waals surface area contributed by atoms with Gasteiger partial charge in [0.15, 0.2) is 0 Å². The standard InChI is InChI=1S/C15H29N3O/c1-12-2-3-15(19-12)11-17-7-6-14(10-17)18-8-4-13(16)5-9-18/h12-15H,2-11,16H2,1H3. The van der Waals surface area contributed by atoms with E-state index in [1.165, 1.54) is 58.3 Å². The van der Waals surface area contributed by atoms with Crippen LogP contribution in [0.4, 0.5) is 0 Å². The molecule has 19 heavy (non-hydrogen) atoms. The summed E-state index contributed by atoms with van der Waals surface area (Å²) in [5.41, 5.74) is 5.99. The number of rotatable bonds is 3. The first-order valence-electron chi connectivity index (χ1n) is 8.08. The topological polar surface area (TPSA) is 41.7 Å². The highest BCUT2D eigenvalue weighted by atomic mass is 16.5. The molecule has 0 aliphatic carbocycles. The summed E-state index contributed by atoms with van der Waals surface area (Å²) in [6.45, 7) is 8.25. The lowest BCUT2D eigenvalue weighted by molar-refractivity contribution is 0.0341. The molecule has 4 nitrogen and oxygen atoms in total. The van der Waals surface area contributed by atoms with Gasteiger partial charge in [-0.1, -0.05) is 0 Å². The Labute approximate surface area is 117 Å². The van der Waals surface area contributed by atoms with Crippen molar-refractivity contribution in [3.8, 4) is 0 Å². The van der Waals surface area contributed by atoms with E-state index in [4.69, 9.17) is 10.5 Å². The van der Waals surface area contributed by atoms with E-state index in [-0.39, 0.29) is 0 Å². The van der Waals surface area contributed by atoms with Crippen molar-refractivity contribution in [1.29, 1.82) is 0 Å². The fourth-order valence-corrected chi connectivity index (χ4v) is 3.87. The summed E-state index contributed by atoms with van der Waals surface area (Å²) in [7, 11) is 0. The average Bonchev–Trinajstić information content (AvgIpc) is 3.00. The van der Waals surface area contributed by atoms with Gasteiger partial charge in [0.2, 0.25) is 0 Å². The summed E-state index contributed by atoms with van der Waals surface area (Å²) < 4.78 is 5.95. The van der Waals surface area contributed by atoms with Crippen LogP contribution in [0.2, 0.25) is 0 Å². The van der Waals surface area contributed by atoms with Gasteiger partial charge >= 0.3 is 0 Å². The van der Waals surface area contributed by atoms with Crippen LogP contribution in [0.5, 0.6) is 0 Å². The van der Waals surface area contributed by atoms with Crippen molar-refractivity contribution < 1.29 is 4.74 Å². The van der Waals surface area contributed by atoms with Crippen molar-refractivity contribution in [2.24, 2.45) is 5.73 Å². The maximum Gasteiger partial charge on any atom is 0.0706 e. The third kappa shape index (κ3) is 3.48. The van der Waals surface area contributed by atoms with E-state index in [0.717, 1.165) is 12.6 Å². The van der Waals surface area contributed by atoms with Gasteiger partial charge in [0.1, 0.15) is 0 Å². The van der Waals surface area contributed by atoms with Crippen molar-refractivity contribution in [1.82, 2.24) is 9.80 Å². The van der Waals surface area contributed by atoms with E-state index in [9.17, 15) is 0 Å². The smallest absolute Gasteiger partial charge is 0.0706 e. The van der Waals surface area contributed by atoms with Gasteiger partial charge in [0.25, 0.3) is 0 Å². The number of nitrogens with zero attached hydrogens (tertiary/aromatic N) is 2. The van der Waals surface area contributed by atoms with Crippen LogP contribution in [0.1, 0.15) is 39.0 Å². The SMILES string of the molecule is CC1CCC(CN2CCC(N3CCC(N)CC3)C2)O1. The van der Waals surface area contributed by atoms with Crippen molar-refractivity contribution in [2.45, 2.75) is 63.3 Å². The second-order valence-electron chi connectivity index (χ2n) is 6.72. The van der Waals surface area contributed by atoms with Crippen molar-refractivity contribution in [3.05, 3.63) is 0 Å². The number of likely N-dealkylation sites (tertiary alicyclic amines) is 2. The minimum Gasteiger partial charge on any atom is -0.374 e. The second-order valence-corrected chi connectivity index (χ2v) is 6.72. The molecule has 3 atom stereocenters. The molecular formula is C15H29N3O. The zero-order chi connectivity index (χ0) is 13.2. The van der Waals surface area contributed by atoms with Crippen molar-refractivity contribution in [2.75, 3.05) is 32.7 Å². The van der Waals surface area contributed by atoms with E-state index >= 15 is 0 Å². The Balaban J connectivity index is 1.42. The molecule has 0 aromatic carbocycles. The summed E-state index contributed by atoms with van der Waals surface area (Å²) in [6, 6.07) is 1.22. The first kappa shape index (κ1) is 13.8. The van der Waals surface area contributed by atoms with Gasteiger partial charge in [0, 0.05) is 25.2 Å². The summed E-state index contributed by atoms with van der Waals surface area (Å²) in [5, 5.41) is 0. The molecule has 3 saturated heterocycles. The first-order valence-corrected chi connectivity index (χ1v) is 8.08. The molecule has 110 valence electrons. The second kappa shape index (κ2) is 6.08. The van der Waals surface area contributed by atoms with E-state index in [0.29, 0.717) is 18.2 Å². The molecule has 3 aliphatic rings. The predicted molar refractivity (Wildman–Crippen MR) is 77.2 cm³/mol. The molecule has 2 N–H and O–H groups in total. The maximum absolute atomic E-state index is 5.99. The highest BCUT2D eigenvalue weighted by Crippen LogP contribution is 2.24. The molecule has 3 aliphatic heterocycles. The van der Waals surface area contributed by atoms with E-state index < -0.39 is 0 Å².